The van der Waals surface area contributed by atoms with E-state index in [-0.39, 0.29) is 5.78 Å². The first-order valence-electron chi connectivity index (χ1n) is 7.59. The molecular formula is C17H25NO2. The van der Waals surface area contributed by atoms with Crippen molar-refractivity contribution in [3.8, 4) is 0 Å². The Balaban J connectivity index is 1.89. The molecule has 0 bridgehead atoms. The van der Waals surface area contributed by atoms with Gasteiger partial charge in [-0.3, -0.25) is 9.69 Å². The van der Waals surface area contributed by atoms with Crippen LogP contribution in [0.15, 0.2) is 24.3 Å². The maximum Gasteiger partial charge on any atom is 0.159 e. The van der Waals surface area contributed by atoms with Gasteiger partial charge in [0.1, 0.15) is 0 Å². The second kappa shape index (κ2) is 7.55. The van der Waals surface area contributed by atoms with E-state index in [9.17, 15) is 4.79 Å². The number of rotatable bonds is 6. The highest BCUT2D eigenvalue weighted by Gasteiger charge is 2.17. The Morgan fingerprint density at radius 3 is 2.45 bits per heavy atom. The average molecular weight is 275 g/mol. The SMILES string of the molecule is CCN(Cc1ccc(C(C)=O)cc1)CC1CCOCC1. The Bertz CT molecular complexity index is 421. The van der Waals surface area contributed by atoms with Crippen molar-refractivity contribution < 1.29 is 9.53 Å². The molecule has 0 aliphatic carbocycles. The van der Waals surface area contributed by atoms with E-state index >= 15 is 0 Å². The Morgan fingerprint density at radius 2 is 1.90 bits per heavy atom. The Labute approximate surface area is 121 Å². The van der Waals surface area contributed by atoms with Crippen LogP contribution in [0.2, 0.25) is 0 Å². The first-order valence-corrected chi connectivity index (χ1v) is 7.59. The van der Waals surface area contributed by atoms with Crippen LogP contribution in [0.1, 0.15) is 42.6 Å². The van der Waals surface area contributed by atoms with Gasteiger partial charge in [0.25, 0.3) is 0 Å². The van der Waals surface area contributed by atoms with Gasteiger partial charge in [-0.05, 0) is 37.8 Å². The van der Waals surface area contributed by atoms with Gasteiger partial charge in [0.2, 0.25) is 0 Å². The number of ketones is 1. The molecular weight excluding hydrogens is 250 g/mol. The van der Waals surface area contributed by atoms with E-state index in [1.54, 1.807) is 6.92 Å². The summed E-state index contributed by atoms with van der Waals surface area (Å²) in [5.41, 5.74) is 2.07. The van der Waals surface area contributed by atoms with Crippen LogP contribution in [0.25, 0.3) is 0 Å². The predicted molar refractivity (Wildman–Crippen MR) is 80.9 cm³/mol. The molecule has 3 nitrogen and oxygen atoms in total. The van der Waals surface area contributed by atoms with E-state index in [4.69, 9.17) is 4.74 Å². The van der Waals surface area contributed by atoms with Crippen LogP contribution < -0.4 is 0 Å². The lowest BCUT2D eigenvalue weighted by molar-refractivity contribution is 0.0521. The first-order chi connectivity index (χ1) is 9.69. The van der Waals surface area contributed by atoms with Crippen LogP contribution in [0.5, 0.6) is 0 Å². The quantitative estimate of drug-likeness (QED) is 0.747. The molecule has 1 aliphatic heterocycles. The Kier molecular flexibility index (Phi) is 5.74. The first kappa shape index (κ1) is 15.2. The summed E-state index contributed by atoms with van der Waals surface area (Å²) in [6.45, 7) is 8.82. The third kappa shape index (κ3) is 4.43. The summed E-state index contributed by atoms with van der Waals surface area (Å²) in [5, 5.41) is 0. The fraction of sp³-hybridized carbons (Fsp3) is 0.588. The highest BCUT2D eigenvalue weighted by molar-refractivity contribution is 5.93. The summed E-state index contributed by atoms with van der Waals surface area (Å²) >= 11 is 0. The molecule has 1 saturated heterocycles. The molecule has 2 rings (SSSR count). The molecule has 20 heavy (non-hydrogen) atoms. The standard InChI is InChI=1S/C17H25NO2/c1-3-18(13-16-8-10-20-11-9-16)12-15-4-6-17(7-5-15)14(2)19/h4-7,16H,3,8-13H2,1-2H3. The van der Waals surface area contributed by atoms with Crippen molar-refractivity contribution in [2.45, 2.75) is 33.2 Å². The second-order valence-corrected chi connectivity index (χ2v) is 5.64. The molecule has 0 unspecified atom stereocenters. The normalized spacial score (nSPS) is 16.6. The van der Waals surface area contributed by atoms with Gasteiger partial charge >= 0.3 is 0 Å². The molecule has 3 heteroatoms. The minimum Gasteiger partial charge on any atom is -0.381 e. The molecule has 0 spiro atoms. The summed E-state index contributed by atoms with van der Waals surface area (Å²) in [5.74, 6) is 0.895. The molecule has 0 atom stereocenters. The van der Waals surface area contributed by atoms with Crippen LogP contribution in [-0.4, -0.2) is 37.0 Å². The highest BCUT2D eigenvalue weighted by atomic mass is 16.5. The van der Waals surface area contributed by atoms with Gasteiger partial charge in [0.05, 0.1) is 0 Å². The zero-order chi connectivity index (χ0) is 14.4. The number of nitrogens with zero attached hydrogens (tertiary/aromatic N) is 1. The predicted octanol–water partition coefficient (Wildman–Crippen LogP) is 3.14. The molecule has 110 valence electrons. The van der Waals surface area contributed by atoms with E-state index in [2.05, 4.69) is 24.0 Å². The Morgan fingerprint density at radius 1 is 1.25 bits per heavy atom. The van der Waals surface area contributed by atoms with Crippen molar-refractivity contribution in [3.63, 3.8) is 0 Å². The summed E-state index contributed by atoms with van der Waals surface area (Å²) in [4.78, 5) is 13.8. The fourth-order valence-electron chi connectivity index (χ4n) is 2.70. The number of hydrogen-bond donors (Lipinski definition) is 0. The van der Waals surface area contributed by atoms with Crippen molar-refractivity contribution in [1.29, 1.82) is 0 Å². The minimum atomic E-state index is 0.131. The number of benzene rings is 1. The van der Waals surface area contributed by atoms with E-state index in [1.165, 1.54) is 18.4 Å². The molecule has 1 heterocycles. The van der Waals surface area contributed by atoms with Gasteiger partial charge in [0.15, 0.2) is 5.78 Å². The maximum absolute atomic E-state index is 11.3. The van der Waals surface area contributed by atoms with Gasteiger partial charge in [0, 0.05) is 31.9 Å². The highest BCUT2D eigenvalue weighted by Crippen LogP contribution is 2.17. The van der Waals surface area contributed by atoms with Crippen molar-refractivity contribution in [2.75, 3.05) is 26.3 Å². The molecule has 1 aromatic rings. The van der Waals surface area contributed by atoms with E-state index in [0.29, 0.717) is 0 Å². The monoisotopic (exact) mass is 275 g/mol. The van der Waals surface area contributed by atoms with Gasteiger partial charge in [-0.1, -0.05) is 31.2 Å². The Hall–Kier alpha value is -1.19. The summed E-state index contributed by atoms with van der Waals surface area (Å²) in [6.07, 6.45) is 2.36. The number of carbonyl (C=O) groups is 1. The van der Waals surface area contributed by atoms with Crippen LogP contribution in [0.4, 0.5) is 0 Å². The summed E-state index contributed by atoms with van der Waals surface area (Å²) < 4.78 is 5.42. The number of hydrogen-bond acceptors (Lipinski definition) is 3. The van der Waals surface area contributed by atoms with Crippen LogP contribution in [0, 0.1) is 5.92 Å². The van der Waals surface area contributed by atoms with E-state index in [1.807, 2.05) is 12.1 Å². The van der Waals surface area contributed by atoms with Crippen LogP contribution >= 0.6 is 0 Å². The third-order valence-electron chi connectivity index (χ3n) is 4.07. The average Bonchev–Trinajstić information content (AvgIpc) is 2.48. The fourth-order valence-corrected chi connectivity index (χ4v) is 2.70. The van der Waals surface area contributed by atoms with Gasteiger partial charge in [-0.2, -0.15) is 0 Å². The van der Waals surface area contributed by atoms with Crippen molar-refractivity contribution in [1.82, 2.24) is 4.90 Å². The van der Waals surface area contributed by atoms with E-state index < -0.39 is 0 Å². The molecule has 1 aromatic carbocycles. The lowest BCUT2D eigenvalue weighted by Gasteiger charge is -2.29. The van der Waals surface area contributed by atoms with E-state index in [0.717, 1.165) is 44.3 Å². The molecule has 0 saturated carbocycles. The minimum absolute atomic E-state index is 0.131. The number of ether oxygens (including phenoxy) is 1. The second-order valence-electron chi connectivity index (χ2n) is 5.64. The lowest BCUT2D eigenvalue weighted by Crippen LogP contribution is -2.32. The van der Waals surface area contributed by atoms with Crippen molar-refractivity contribution in [2.24, 2.45) is 5.92 Å². The zero-order valence-corrected chi connectivity index (χ0v) is 12.6. The molecule has 0 aromatic heterocycles. The molecule has 0 amide bonds. The van der Waals surface area contributed by atoms with Gasteiger partial charge in [-0.25, -0.2) is 0 Å². The number of Topliss-reactive ketones (excluding diaryl/α,β-unsaturated/α-hetero) is 1. The summed E-state index contributed by atoms with van der Waals surface area (Å²) in [7, 11) is 0. The van der Waals surface area contributed by atoms with Crippen molar-refractivity contribution >= 4 is 5.78 Å². The van der Waals surface area contributed by atoms with Crippen molar-refractivity contribution in [3.05, 3.63) is 35.4 Å². The largest absolute Gasteiger partial charge is 0.381 e. The van der Waals surface area contributed by atoms with Crippen LogP contribution in [0.3, 0.4) is 0 Å². The molecule has 0 N–H and O–H groups in total. The van der Waals surface area contributed by atoms with Gasteiger partial charge < -0.3 is 4.74 Å². The molecule has 1 fully saturated rings. The van der Waals surface area contributed by atoms with Gasteiger partial charge in [-0.15, -0.1) is 0 Å². The lowest BCUT2D eigenvalue weighted by atomic mass is 9.99. The third-order valence-corrected chi connectivity index (χ3v) is 4.07. The zero-order valence-electron chi connectivity index (χ0n) is 12.6. The number of carbonyl (C=O) groups excluding carboxylic acids is 1. The summed E-state index contributed by atoms with van der Waals surface area (Å²) in [6, 6.07) is 8.01. The molecule has 0 radical (unpaired) electrons. The van der Waals surface area contributed by atoms with Crippen LogP contribution in [-0.2, 0) is 11.3 Å². The smallest absolute Gasteiger partial charge is 0.159 e. The molecule has 1 aliphatic rings. The topological polar surface area (TPSA) is 29.5 Å². The maximum atomic E-state index is 11.3.